The van der Waals surface area contributed by atoms with E-state index in [2.05, 4.69) is 62.2 Å². The largest absolute Gasteiger partial charge is 0.339 e. The summed E-state index contributed by atoms with van der Waals surface area (Å²) in [5.41, 5.74) is 3.68. The maximum Gasteiger partial charge on any atom is 0.198 e. The van der Waals surface area contributed by atoms with Crippen molar-refractivity contribution in [2.75, 3.05) is 11.9 Å². The second kappa shape index (κ2) is 8.72. The van der Waals surface area contributed by atoms with E-state index in [0.29, 0.717) is 11.1 Å². The van der Waals surface area contributed by atoms with Gasteiger partial charge in [-0.15, -0.1) is 22.7 Å². The molecule has 6 aromatic rings. The predicted molar refractivity (Wildman–Crippen MR) is 174 cm³/mol. The zero-order chi connectivity index (χ0) is 28.0. The fourth-order valence-corrected chi connectivity index (χ4v) is 10.1. The van der Waals surface area contributed by atoms with Gasteiger partial charge >= 0.3 is 0 Å². The van der Waals surface area contributed by atoms with Crippen molar-refractivity contribution in [3.8, 4) is 0 Å². The molecule has 0 saturated carbocycles. The molecule has 200 valence electrons. The van der Waals surface area contributed by atoms with Crippen LogP contribution in [0.15, 0.2) is 96.2 Å². The molecule has 0 unspecified atom stereocenters. The quantitative estimate of drug-likeness (QED) is 0.121. The minimum Gasteiger partial charge on any atom is -0.339 e. The van der Waals surface area contributed by atoms with Gasteiger partial charge in [0, 0.05) is 50.3 Å². The van der Waals surface area contributed by atoms with E-state index in [0.717, 1.165) is 40.1 Å². The second-order valence-corrected chi connectivity index (χ2v) is 13.1. The van der Waals surface area contributed by atoms with Crippen molar-refractivity contribution in [2.24, 2.45) is 0 Å². The zero-order valence-corrected chi connectivity index (χ0v) is 24.7. The lowest BCUT2D eigenvalue weighted by molar-refractivity contribution is 0.0989. The van der Waals surface area contributed by atoms with E-state index in [1.807, 2.05) is 65.1 Å². The third kappa shape index (κ3) is 3.13. The summed E-state index contributed by atoms with van der Waals surface area (Å²) in [5.74, 6) is -0.359. The first-order valence-electron chi connectivity index (χ1n) is 14.1. The van der Waals surface area contributed by atoms with Crippen LogP contribution in [0.3, 0.4) is 0 Å². The van der Waals surface area contributed by atoms with Crippen LogP contribution in [-0.4, -0.2) is 18.6 Å². The molecule has 5 heteroatoms. The molecule has 41 heavy (non-hydrogen) atoms. The van der Waals surface area contributed by atoms with E-state index in [4.69, 9.17) is 0 Å². The number of anilines is 1. The molecule has 0 spiro atoms. The van der Waals surface area contributed by atoms with Crippen LogP contribution in [0.5, 0.6) is 0 Å². The molecule has 0 saturated heterocycles. The highest BCUT2D eigenvalue weighted by atomic mass is 32.1. The Kier molecular flexibility index (Phi) is 5.26. The fourth-order valence-electron chi connectivity index (χ4n) is 7.21. The molecule has 8 rings (SSSR count). The average Bonchev–Trinajstić information content (AvgIpc) is 3.69. The molecule has 3 nitrogen and oxygen atoms in total. The van der Waals surface area contributed by atoms with Gasteiger partial charge in [-0.3, -0.25) is 9.59 Å². The maximum absolute atomic E-state index is 14.0. The van der Waals surface area contributed by atoms with Gasteiger partial charge in [0.25, 0.3) is 0 Å². The van der Waals surface area contributed by atoms with Crippen molar-refractivity contribution < 1.29 is 9.59 Å². The van der Waals surface area contributed by atoms with Crippen LogP contribution in [0, 0.1) is 0 Å². The van der Waals surface area contributed by atoms with Crippen LogP contribution in [0.25, 0.3) is 41.0 Å². The smallest absolute Gasteiger partial charge is 0.198 e. The van der Waals surface area contributed by atoms with Gasteiger partial charge in [-0.05, 0) is 53.3 Å². The first kappa shape index (κ1) is 24.7. The third-order valence-electron chi connectivity index (χ3n) is 9.31. The molecule has 0 amide bonds. The first-order chi connectivity index (χ1) is 20.0. The number of allylic oxidation sites excluding steroid dienone is 4. The van der Waals surface area contributed by atoms with Gasteiger partial charge in [-0.2, -0.15) is 0 Å². The van der Waals surface area contributed by atoms with Crippen molar-refractivity contribution in [3.63, 3.8) is 0 Å². The molecule has 2 aliphatic rings. The van der Waals surface area contributed by atoms with E-state index in [-0.39, 0.29) is 22.6 Å². The lowest BCUT2D eigenvalue weighted by Crippen LogP contribution is -2.28. The number of nitrogens with zero attached hydrogens (tertiary/aromatic N) is 1. The van der Waals surface area contributed by atoms with Crippen LogP contribution in [0.1, 0.15) is 53.0 Å². The Morgan fingerprint density at radius 2 is 1.46 bits per heavy atom. The Bertz CT molecular complexity index is 2190. The van der Waals surface area contributed by atoms with Gasteiger partial charge in [0.05, 0.1) is 15.0 Å². The molecular formula is C36H27NO2S2. The van der Waals surface area contributed by atoms with Crippen molar-refractivity contribution in [3.05, 3.63) is 113 Å². The Morgan fingerprint density at radius 1 is 0.756 bits per heavy atom. The summed E-state index contributed by atoms with van der Waals surface area (Å²) < 4.78 is 4.05. The van der Waals surface area contributed by atoms with Gasteiger partial charge < -0.3 is 4.90 Å². The van der Waals surface area contributed by atoms with E-state index >= 15 is 0 Å². The number of ketones is 2. The number of thiophene rings is 2. The van der Waals surface area contributed by atoms with Gasteiger partial charge in [0.15, 0.2) is 11.6 Å². The summed E-state index contributed by atoms with van der Waals surface area (Å²) in [7, 11) is 2.13. The minimum atomic E-state index is -0.183. The summed E-state index contributed by atoms with van der Waals surface area (Å²) in [6, 6.07) is 24.6. The van der Waals surface area contributed by atoms with Gasteiger partial charge in [0.1, 0.15) is 5.00 Å². The monoisotopic (exact) mass is 569 g/mol. The normalized spacial score (nSPS) is 18.2. The number of Topliss-reactive ketones (excluding diaryl/α,β-unsaturated/α-hetero) is 2. The van der Waals surface area contributed by atoms with Gasteiger partial charge in [-0.1, -0.05) is 74.5 Å². The van der Waals surface area contributed by atoms with Crippen molar-refractivity contribution in [1.82, 2.24) is 0 Å². The van der Waals surface area contributed by atoms with E-state index < -0.39 is 0 Å². The lowest BCUT2D eigenvalue weighted by atomic mass is 9.75. The molecule has 4 aromatic carbocycles. The number of fused-ring (bicyclic) bond motifs is 10. The maximum atomic E-state index is 14.0. The predicted octanol–water partition coefficient (Wildman–Crippen LogP) is 9.82. The molecule has 2 aromatic heterocycles. The van der Waals surface area contributed by atoms with Gasteiger partial charge in [0.2, 0.25) is 0 Å². The lowest BCUT2D eigenvalue weighted by Gasteiger charge is -2.30. The summed E-state index contributed by atoms with van der Waals surface area (Å²) in [6.45, 7) is 4.51. The SMILES string of the molecule is CCC1(CC)/C(=C\C=C2/C(=O)c3ccc4ccc5ccccc5c4c3C2=O)N(C)c2sc3c(sc4ccccc43)c21. The van der Waals surface area contributed by atoms with Crippen LogP contribution >= 0.6 is 22.7 Å². The van der Waals surface area contributed by atoms with Crippen LogP contribution < -0.4 is 4.90 Å². The number of carbonyl (C=O) groups excluding carboxylic acids is 2. The van der Waals surface area contributed by atoms with Crippen LogP contribution in [-0.2, 0) is 5.41 Å². The number of rotatable bonds is 3. The highest BCUT2D eigenvalue weighted by molar-refractivity contribution is 7.34. The Hall–Kier alpha value is -4.06. The molecule has 0 atom stereocenters. The molecule has 0 radical (unpaired) electrons. The Balaban J connectivity index is 1.29. The number of benzene rings is 4. The number of hydrogen-bond acceptors (Lipinski definition) is 5. The summed E-state index contributed by atoms with van der Waals surface area (Å²) >= 11 is 3.74. The fraction of sp³-hybridized carbons (Fsp3) is 0.167. The molecule has 0 fully saturated rings. The zero-order valence-electron chi connectivity index (χ0n) is 23.1. The number of hydrogen-bond donors (Lipinski definition) is 0. The molecule has 3 heterocycles. The van der Waals surface area contributed by atoms with E-state index in [1.165, 1.54) is 30.1 Å². The first-order valence-corrected chi connectivity index (χ1v) is 15.8. The number of carbonyl (C=O) groups is 2. The topological polar surface area (TPSA) is 37.4 Å². The molecule has 0 N–H and O–H groups in total. The highest BCUT2D eigenvalue weighted by Crippen LogP contribution is 2.60. The van der Waals surface area contributed by atoms with Crippen molar-refractivity contribution in [2.45, 2.75) is 32.1 Å². The molecular weight excluding hydrogens is 543 g/mol. The van der Waals surface area contributed by atoms with E-state index in [9.17, 15) is 9.59 Å². The third-order valence-corrected chi connectivity index (χ3v) is 11.9. The van der Waals surface area contributed by atoms with Crippen molar-refractivity contribution >= 4 is 80.3 Å². The van der Waals surface area contributed by atoms with Gasteiger partial charge in [-0.25, -0.2) is 0 Å². The summed E-state index contributed by atoms with van der Waals surface area (Å²) in [6.07, 6.45) is 5.73. The highest BCUT2D eigenvalue weighted by Gasteiger charge is 2.47. The van der Waals surface area contributed by atoms with Crippen molar-refractivity contribution in [1.29, 1.82) is 0 Å². The number of likely N-dealkylation sites (N-methyl/N-ethyl adjacent to an activating group) is 1. The standard InChI is InChI=1S/C36H27NO2S2/c1-4-36(5-2)27(37(3)35-30(36)34-33(41-35)23-12-8-9-13-26(23)40-34)19-18-25-31(38)24-17-16-21-15-14-20-10-6-7-11-22(20)28(21)29(24)32(25)39/h6-19H,4-5H2,1-3H3/b25-18+,27-19+. The summed E-state index contributed by atoms with van der Waals surface area (Å²) in [4.78, 5) is 30.0. The Labute approximate surface area is 246 Å². The average molecular weight is 570 g/mol. The Morgan fingerprint density at radius 3 is 2.27 bits per heavy atom. The molecule has 1 aliphatic heterocycles. The second-order valence-electron chi connectivity index (χ2n) is 11.1. The van der Waals surface area contributed by atoms with Crippen LogP contribution in [0.2, 0.25) is 0 Å². The van der Waals surface area contributed by atoms with Crippen LogP contribution in [0.4, 0.5) is 5.00 Å². The minimum absolute atomic E-state index is 0.176. The van der Waals surface area contributed by atoms with E-state index in [1.54, 1.807) is 6.08 Å². The molecule has 1 aliphatic carbocycles. The summed E-state index contributed by atoms with van der Waals surface area (Å²) in [5, 5.41) is 6.52. The molecule has 0 bridgehead atoms.